The molecule has 2 atom stereocenters. The van der Waals surface area contributed by atoms with E-state index in [1.807, 2.05) is 12.1 Å². The van der Waals surface area contributed by atoms with Crippen LogP contribution in [0.5, 0.6) is 23.0 Å². The average Bonchev–Trinajstić information content (AvgIpc) is 3.18. The van der Waals surface area contributed by atoms with E-state index in [1.165, 1.54) is 14.2 Å². The fourth-order valence-corrected chi connectivity index (χ4v) is 4.56. The minimum Gasteiger partial charge on any atom is -0.493 e. The van der Waals surface area contributed by atoms with Gasteiger partial charge in [-0.05, 0) is 47.4 Å². The zero-order chi connectivity index (χ0) is 20.3. The van der Waals surface area contributed by atoms with Gasteiger partial charge in [0.15, 0.2) is 23.0 Å². The summed E-state index contributed by atoms with van der Waals surface area (Å²) >= 11 is 0. The Hall–Kier alpha value is -3.42. The summed E-state index contributed by atoms with van der Waals surface area (Å²) in [6.07, 6.45) is 0.614. The summed E-state index contributed by atoms with van der Waals surface area (Å²) in [6, 6.07) is 6.23. The topological polar surface area (TPSA) is 94.5 Å². The standard InChI is InChI=1S/C21H19NO7/c1-26-14-7-12-13(8-15(14)27-2)20(23)22-4-3-10-5-16-17(29-9-28-16)6-11(10)19(22)18(12)21(24)25/h5-8,18-19H,3-4,9H2,1-2H3,(H,24,25)/t18-,19+/m0/s1. The molecule has 8 nitrogen and oxygen atoms in total. The number of carbonyl (C=O) groups is 2. The van der Waals surface area contributed by atoms with Crippen LogP contribution in [0.4, 0.5) is 0 Å². The molecule has 150 valence electrons. The molecule has 8 heteroatoms. The fourth-order valence-electron chi connectivity index (χ4n) is 4.56. The van der Waals surface area contributed by atoms with Crippen molar-refractivity contribution >= 4 is 11.9 Å². The monoisotopic (exact) mass is 397 g/mol. The molecule has 0 unspecified atom stereocenters. The van der Waals surface area contributed by atoms with E-state index in [9.17, 15) is 14.7 Å². The second-order valence-electron chi connectivity index (χ2n) is 7.21. The lowest BCUT2D eigenvalue weighted by atomic mass is 9.76. The van der Waals surface area contributed by atoms with Crippen LogP contribution in [0.3, 0.4) is 0 Å². The maximum absolute atomic E-state index is 13.3. The Morgan fingerprint density at radius 3 is 2.45 bits per heavy atom. The van der Waals surface area contributed by atoms with Crippen molar-refractivity contribution in [2.24, 2.45) is 0 Å². The highest BCUT2D eigenvalue weighted by Gasteiger charge is 2.47. The molecule has 3 heterocycles. The van der Waals surface area contributed by atoms with Crippen LogP contribution in [0.1, 0.15) is 39.0 Å². The van der Waals surface area contributed by atoms with Crippen molar-refractivity contribution < 1.29 is 33.6 Å². The van der Waals surface area contributed by atoms with E-state index >= 15 is 0 Å². The minimum absolute atomic E-state index is 0.133. The van der Waals surface area contributed by atoms with E-state index in [4.69, 9.17) is 18.9 Å². The Labute approximate surface area is 166 Å². The predicted octanol–water partition coefficient (Wildman–Crippen LogP) is 2.35. The summed E-state index contributed by atoms with van der Waals surface area (Å²) < 4.78 is 21.6. The number of carboxylic acid groups (broad SMARTS) is 1. The summed E-state index contributed by atoms with van der Waals surface area (Å²) in [4.78, 5) is 27.4. The molecule has 0 spiro atoms. The van der Waals surface area contributed by atoms with Gasteiger partial charge < -0.3 is 29.0 Å². The fraction of sp³-hybridized carbons (Fsp3) is 0.333. The number of carboxylic acids is 1. The molecule has 2 aromatic rings. The number of hydrogen-bond donors (Lipinski definition) is 1. The first kappa shape index (κ1) is 17.7. The van der Waals surface area contributed by atoms with Crippen LogP contribution in [-0.4, -0.2) is 49.4 Å². The van der Waals surface area contributed by atoms with Crippen molar-refractivity contribution in [2.45, 2.75) is 18.4 Å². The number of aliphatic carboxylic acids is 1. The quantitative estimate of drug-likeness (QED) is 0.850. The number of fused-ring (bicyclic) bond motifs is 5. The zero-order valence-corrected chi connectivity index (χ0v) is 15.9. The van der Waals surface area contributed by atoms with Gasteiger partial charge in [-0.15, -0.1) is 0 Å². The van der Waals surface area contributed by atoms with E-state index < -0.39 is 17.9 Å². The Morgan fingerprint density at radius 1 is 1.07 bits per heavy atom. The second-order valence-corrected chi connectivity index (χ2v) is 7.21. The normalized spacial score (nSPS) is 21.2. The molecule has 3 aliphatic rings. The maximum atomic E-state index is 13.3. The van der Waals surface area contributed by atoms with Crippen LogP contribution in [0.15, 0.2) is 24.3 Å². The summed E-state index contributed by atoms with van der Waals surface area (Å²) in [7, 11) is 2.96. The lowest BCUT2D eigenvalue weighted by Crippen LogP contribution is -2.48. The van der Waals surface area contributed by atoms with Gasteiger partial charge in [-0.1, -0.05) is 0 Å². The first-order chi connectivity index (χ1) is 14.0. The van der Waals surface area contributed by atoms with Crippen LogP contribution >= 0.6 is 0 Å². The van der Waals surface area contributed by atoms with Crippen molar-refractivity contribution in [1.29, 1.82) is 0 Å². The lowest BCUT2D eigenvalue weighted by molar-refractivity contribution is -0.140. The predicted molar refractivity (Wildman–Crippen MR) is 100.0 cm³/mol. The number of carbonyl (C=O) groups excluding carboxylic acids is 1. The molecule has 3 aliphatic heterocycles. The number of ether oxygens (including phenoxy) is 4. The molecular weight excluding hydrogens is 378 g/mol. The Balaban J connectivity index is 1.72. The van der Waals surface area contributed by atoms with Gasteiger partial charge in [0.25, 0.3) is 5.91 Å². The van der Waals surface area contributed by atoms with Crippen molar-refractivity contribution in [3.05, 3.63) is 46.5 Å². The highest BCUT2D eigenvalue weighted by atomic mass is 16.7. The smallest absolute Gasteiger partial charge is 0.313 e. The summed E-state index contributed by atoms with van der Waals surface area (Å²) in [6.45, 7) is 0.557. The summed E-state index contributed by atoms with van der Waals surface area (Å²) in [5, 5.41) is 10.2. The van der Waals surface area contributed by atoms with Gasteiger partial charge in [-0.3, -0.25) is 9.59 Å². The third kappa shape index (κ3) is 2.45. The molecule has 29 heavy (non-hydrogen) atoms. The molecule has 0 aliphatic carbocycles. The van der Waals surface area contributed by atoms with Crippen molar-refractivity contribution in [1.82, 2.24) is 4.90 Å². The number of methoxy groups -OCH3 is 2. The first-order valence-electron chi connectivity index (χ1n) is 9.25. The number of nitrogens with zero attached hydrogens (tertiary/aromatic N) is 1. The third-order valence-corrected chi connectivity index (χ3v) is 5.87. The average molecular weight is 397 g/mol. The Bertz CT molecular complexity index is 1050. The minimum atomic E-state index is -1.01. The zero-order valence-electron chi connectivity index (χ0n) is 15.9. The van der Waals surface area contributed by atoms with Crippen LogP contribution in [0.25, 0.3) is 0 Å². The molecule has 5 rings (SSSR count). The van der Waals surface area contributed by atoms with Crippen LogP contribution in [0, 0.1) is 0 Å². The molecular formula is C21H19NO7. The SMILES string of the molecule is COc1cc2c(cc1OC)[C@H](C(=O)O)[C@H]1c3cc4c(cc3CCN1C2=O)OCO4. The molecule has 1 N–H and O–H groups in total. The van der Waals surface area contributed by atoms with E-state index in [-0.39, 0.29) is 12.7 Å². The molecule has 0 aromatic heterocycles. The van der Waals surface area contributed by atoms with Gasteiger partial charge in [-0.2, -0.15) is 0 Å². The number of amides is 1. The van der Waals surface area contributed by atoms with Gasteiger partial charge in [0, 0.05) is 12.1 Å². The number of benzene rings is 2. The molecule has 0 radical (unpaired) electrons. The molecule has 0 saturated carbocycles. The maximum Gasteiger partial charge on any atom is 0.313 e. The van der Waals surface area contributed by atoms with Crippen molar-refractivity contribution in [3.8, 4) is 23.0 Å². The largest absolute Gasteiger partial charge is 0.493 e. The second kappa shape index (κ2) is 6.30. The molecule has 1 amide bonds. The van der Waals surface area contributed by atoms with E-state index in [0.29, 0.717) is 47.1 Å². The Kier molecular flexibility index (Phi) is 3.84. The Morgan fingerprint density at radius 2 is 1.76 bits per heavy atom. The summed E-state index contributed by atoms with van der Waals surface area (Å²) in [5.41, 5.74) is 2.50. The van der Waals surface area contributed by atoms with Gasteiger partial charge >= 0.3 is 5.97 Å². The van der Waals surface area contributed by atoms with Crippen LogP contribution in [0.2, 0.25) is 0 Å². The van der Waals surface area contributed by atoms with Gasteiger partial charge in [-0.25, -0.2) is 0 Å². The lowest BCUT2D eigenvalue weighted by Gasteiger charge is -2.44. The molecule has 0 bridgehead atoms. The number of rotatable bonds is 3. The van der Waals surface area contributed by atoms with Gasteiger partial charge in [0.1, 0.15) is 5.92 Å². The molecule has 2 aromatic carbocycles. The number of hydrogen-bond acceptors (Lipinski definition) is 6. The third-order valence-electron chi connectivity index (χ3n) is 5.87. The van der Waals surface area contributed by atoms with Crippen molar-refractivity contribution in [3.63, 3.8) is 0 Å². The molecule has 0 fully saturated rings. The van der Waals surface area contributed by atoms with Crippen LogP contribution in [-0.2, 0) is 11.2 Å². The van der Waals surface area contributed by atoms with E-state index in [0.717, 1.165) is 11.1 Å². The van der Waals surface area contributed by atoms with Crippen molar-refractivity contribution in [2.75, 3.05) is 27.6 Å². The van der Waals surface area contributed by atoms with Gasteiger partial charge in [0.2, 0.25) is 6.79 Å². The summed E-state index contributed by atoms with van der Waals surface area (Å²) in [5.74, 6) is -0.165. The van der Waals surface area contributed by atoms with Gasteiger partial charge in [0.05, 0.1) is 20.3 Å². The van der Waals surface area contributed by atoms with E-state index in [2.05, 4.69) is 0 Å². The van der Waals surface area contributed by atoms with E-state index in [1.54, 1.807) is 17.0 Å². The molecule has 0 saturated heterocycles. The highest BCUT2D eigenvalue weighted by molar-refractivity contribution is 6.01. The first-order valence-corrected chi connectivity index (χ1v) is 9.25. The highest BCUT2D eigenvalue weighted by Crippen LogP contribution is 2.50. The van der Waals surface area contributed by atoms with Crippen LogP contribution < -0.4 is 18.9 Å².